The van der Waals surface area contributed by atoms with E-state index in [1.807, 2.05) is 0 Å². The third-order valence-corrected chi connectivity index (χ3v) is 4.32. The Morgan fingerprint density at radius 2 is 1.62 bits per heavy atom. The van der Waals surface area contributed by atoms with Gasteiger partial charge in [-0.1, -0.05) is 37.3 Å². The van der Waals surface area contributed by atoms with Crippen molar-refractivity contribution in [3.05, 3.63) is 60.2 Å². The lowest BCUT2D eigenvalue weighted by atomic mass is 10.0. The molecule has 2 heteroatoms. The van der Waals surface area contributed by atoms with E-state index >= 15 is 0 Å². The number of hydrogen-bond acceptors (Lipinski definition) is 2. The molecular formula is C19H24N2. The van der Waals surface area contributed by atoms with Gasteiger partial charge in [-0.3, -0.25) is 0 Å². The van der Waals surface area contributed by atoms with Crippen LogP contribution in [0.2, 0.25) is 0 Å². The highest BCUT2D eigenvalue weighted by molar-refractivity contribution is 5.55. The summed E-state index contributed by atoms with van der Waals surface area (Å²) < 4.78 is 0. The van der Waals surface area contributed by atoms with Crippen molar-refractivity contribution in [1.82, 2.24) is 0 Å². The number of hydrogen-bond donors (Lipinski definition) is 1. The van der Waals surface area contributed by atoms with Gasteiger partial charge in [0.1, 0.15) is 0 Å². The minimum absolute atomic E-state index is 0.518. The number of rotatable bonds is 5. The van der Waals surface area contributed by atoms with Crippen molar-refractivity contribution in [2.24, 2.45) is 0 Å². The fourth-order valence-electron chi connectivity index (χ4n) is 2.94. The van der Waals surface area contributed by atoms with Crippen molar-refractivity contribution in [2.45, 2.75) is 25.7 Å². The summed E-state index contributed by atoms with van der Waals surface area (Å²) in [5, 5.41) is 3.54. The van der Waals surface area contributed by atoms with Crippen LogP contribution in [-0.2, 0) is 0 Å². The molecule has 0 aliphatic carbocycles. The van der Waals surface area contributed by atoms with Crippen LogP contribution in [0, 0.1) is 0 Å². The first-order valence-electron chi connectivity index (χ1n) is 7.97. The van der Waals surface area contributed by atoms with Crippen molar-refractivity contribution in [1.29, 1.82) is 0 Å². The molecule has 1 fully saturated rings. The molecule has 2 aromatic carbocycles. The van der Waals surface area contributed by atoms with Gasteiger partial charge in [-0.05, 0) is 48.6 Å². The SMILES string of the molecule is CC(CNc1ccc(N2CCCC2)cc1)c1ccccc1. The third kappa shape index (κ3) is 3.57. The summed E-state index contributed by atoms with van der Waals surface area (Å²) >= 11 is 0. The Bertz CT molecular complexity index is 542. The Balaban J connectivity index is 1.55. The molecule has 0 amide bonds. The Kier molecular flexibility index (Phi) is 4.44. The van der Waals surface area contributed by atoms with Crippen molar-refractivity contribution in [3.63, 3.8) is 0 Å². The van der Waals surface area contributed by atoms with E-state index in [9.17, 15) is 0 Å². The minimum Gasteiger partial charge on any atom is -0.384 e. The number of benzene rings is 2. The molecule has 1 saturated heterocycles. The van der Waals surface area contributed by atoms with Gasteiger partial charge in [-0.2, -0.15) is 0 Å². The molecule has 0 spiro atoms. The zero-order chi connectivity index (χ0) is 14.5. The lowest BCUT2D eigenvalue weighted by Gasteiger charge is -2.18. The Morgan fingerprint density at radius 1 is 0.952 bits per heavy atom. The second-order valence-electron chi connectivity index (χ2n) is 5.93. The maximum atomic E-state index is 3.54. The average Bonchev–Trinajstić information content (AvgIpc) is 3.08. The molecule has 2 nitrogen and oxygen atoms in total. The van der Waals surface area contributed by atoms with Crippen LogP contribution in [0.5, 0.6) is 0 Å². The predicted octanol–water partition coefficient (Wildman–Crippen LogP) is 4.50. The summed E-state index contributed by atoms with van der Waals surface area (Å²) in [5.41, 5.74) is 3.95. The Hall–Kier alpha value is -1.96. The van der Waals surface area contributed by atoms with Gasteiger partial charge in [0.25, 0.3) is 0 Å². The predicted molar refractivity (Wildman–Crippen MR) is 91.2 cm³/mol. The minimum atomic E-state index is 0.518. The van der Waals surface area contributed by atoms with E-state index in [0.29, 0.717) is 5.92 Å². The summed E-state index contributed by atoms with van der Waals surface area (Å²) in [7, 11) is 0. The van der Waals surface area contributed by atoms with E-state index in [0.717, 1.165) is 6.54 Å². The van der Waals surface area contributed by atoms with Crippen LogP contribution in [0.1, 0.15) is 31.2 Å². The van der Waals surface area contributed by atoms with Crippen LogP contribution >= 0.6 is 0 Å². The van der Waals surface area contributed by atoms with E-state index in [2.05, 4.69) is 71.7 Å². The van der Waals surface area contributed by atoms with Crippen LogP contribution in [-0.4, -0.2) is 19.6 Å². The first kappa shape index (κ1) is 14.0. The van der Waals surface area contributed by atoms with Crippen LogP contribution in [0.3, 0.4) is 0 Å². The smallest absolute Gasteiger partial charge is 0.0367 e. The number of nitrogens with one attached hydrogen (secondary N) is 1. The lowest BCUT2D eigenvalue weighted by Crippen LogP contribution is -2.17. The zero-order valence-electron chi connectivity index (χ0n) is 12.8. The van der Waals surface area contributed by atoms with Gasteiger partial charge < -0.3 is 10.2 Å². The standard InChI is InChI=1S/C19H24N2/c1-16(17-7-3-2-4-8-17)15-20-18-9-11-19(12-10-18)21-13-5-6-14-21/h2-4,7-12,16,20H,5-6,13-15H2,1H3. The second-order valence-corrected chi connectivity index (χ2v) is 5.93. The van der Waals surface area contributed by atoms with E-state index < -0.39 is 0 Å². The van der Waals surface area contributed by atoms with E-state index in [4.69, 9.17) is 0 Å². The van der Waals surface area contributed by atoms with Gasteiger partial charge in [0, 0.05) is 31.0 Å². The van der Waals surface area contributed by atoms with Gasteiger partial charge in [-0.25, -0.2) is 0 Å². The molecule has 110 valence electrons. The summed E-state index contributed by atoms with van der Waals surface area (Å²) in [4.78, 5) is 2.47. The molecule has 2 aromatic rings. The van der Waals surface area contributed by atoms with Gasteiger partial charge >= 0.3 is 0 Å². The molecule has 0 bridgehead atoms. The quantitative estimate of drug-likeness (QED) is 0.867. The van der Waals surface area contributed by atoms with Crippen molar-refractivity contribution in [3.8, 4) is 0 Å². The molecule has 3 rings (SSSR count). The maximum Gasteiger partial charge on any atom is 0.0367 e. The van der Waals surface area contributed by atoms with E-state index in [-0.39, 0.29) is 0 Å². The molecule has 1 atom stereocenters. The average molecular weight is 280 g/mol. The van der Waals surface area contributed by atoms with E-state index in [1.54, 1.807) is 0 Å². The fourth-order valence-corrected chi connectivity index (χ4v) is 2.94. The second kappa shape index (κ2) is 6.66. The van der Waals surface area contributed by atoms with Crippen molar-refractivity contribution >= 4 is 11.4 Å². The first-order chi connectivity index (χ1) is 10.3. The highest BCUT2D eigenvalue weighted by atomic mass is 15.1. The molecule has 1 unspecified atom stereocenters. The zero-order valence-corrected chi connectivity index (χ0v) is 12.8. The number of anilines is 2. The fraction of sp³-hybridized carbons (Fsp3) is 0.368. The highest BCUT2D eigenvalue weighted by Crippen LogP contribution is 2.22. The van der Waals surface area contributed by atoms with Gasteiger partial charge in [0.05, 0.1) is 0 Å². The van der Waals surface area contributed by atoms with Crippen molar-refractivity contribution < 1.29 is 0 Å². The molecular weight excluding hydrogens is 256 g/mol. The maximum absolute atomic E-state index is 3.54. The Labute approximate surface area is 127 Å². The van der Waals surface area contributed by atoms with Gasteiger partial charge in [0.2, 0.25) is 0 Å². The summed E-state index contributed by atoms with van der Waals surface area (Å²) in [6.07, 6.45) is 2.66. The monoisotopic (exact) mass is 280 g/mol. The van der Waals surface area contributed by atoms with Gasteiger partial charge in [-0.15, -0.1) is 0 Å². The molecule has 0 aromatic heterocycles. The van der Waals surface area contributed by atoms with Gasteiger partial charge in [0.15, 0.2) is 0 Å². The molecule has 1 N–H and O–H groups in total. The van der Waals surface area contributed by atoms with E-state index in [1.165, 1.54) is 42.9 Å². The largest absolute Gasteiger partial charge is 0.384 e. The lowest BCUT2D eigenvalue weighted by molar-refractivity contribution is 0.805. The highest BCUT2D eigenvalue weighted by Gasteiger charge is 2.11. The third-order valence-electron chi connectivity index (χ3n) is 4.32. The number of nitrogens with zero attached hydrogens (tertiary/aromatic N) is 1. The summed E-state index contributed by atoms with van der Waals surface area (Å²) in [6, 6.07) is 19.6. The summed E-state index contributed by atoms with van der Waals surface area (Å²) in [5.74, 6) is 0.518. The molecule has 21 heavy (non-hydrogen) atoms. The molecule has 1 heterocycles. The van der Waals surface area contributed by atoms with Crippen LogP contribution < -0.4 is 10.2 Å². The first-order valence-corrected chi connectivity index (χ1v) is 7.97. The molecule has 1 aliphatic heterocycles. The van der Waals surface area contributed by atoms with Crippen molar-refractivity contribution in [2.75, 3.05) is 29.9 Å². The van der Waals surface area contributed by atoms with Crippen LogP contribution in [0.4, 0.5) is 11.4 Å². The van der Waals surface area contributed by atoms with Crippen LogP contribution in [0.15, 0.2) is 54.6 Å². The van der Waals surface area contributed by atoms with Crippen LogP contribution in [0.25, 0.3) is 0 Å². The molecule has 1 aliphatic rings. The topological polar surface area (TPSA) is 15.3 Å². The Morgan fingerprint density at radius 3 is 2.29 bits per heavy atom. The summed E-state index contributed by atoms with van der Waals surface area (Å²) in [6.45, 7) is 5.64. The normalized spacial score (nSPS) is 16.0. The molecule has 0 saturated carbocycles. The molecule has 0 radical (unpaired) electrons.